The molecular weight excluding hydrogens is 250 g/mol. The highest BCUT2D eigenvalue weighted by Gasteiger charge is 2.48. The Bertz CT molecular complexity index is 638. The van der Waals surface area contributed by atoms with Crippen LogP contribution < -0.4 is 4.90 Å². The van der Waals surface area contributed by atoms with Crippen molar-refractivity contribution >= 4 is 11.6 Å². The van der Waals surface area contributed by atoms with Crippen LogP contribution in [0.3, 0.4) is 0 Å². The third-order valence-corrected chi connectivity index (χ3v) is 3.93. The van der Waals surface area contributed by atoms with E-state index in [4.69, 9.17) is 0 Å². The highest BCUT2D eigenvalue weighted by Crippen LogP contribution is 2.42. The first-order valence-corrected chi connectivity index (χ1v) is 6.84. The molecule has 2 aromatic rings. The third-order valence-electron chi connectivity index (χ3n) is 3.93. The van der Waals surface area contributed by atoms with Crippen LogP contribution in [0.25, 0.3) is 0 Å². The number of aliphatic hydroxyl groups is 1. The summed E-state index contributed by atoms with van der Waals surface area (Å²) in [5, 5.41) is 10.7. The minimum Gasteiger partial charge on any atom is -0.375 e. The molecule has 0 saturated heterocycles. The van der Waals surface area contributed by atoms with Gasteiger partial charge in [0.05, 0.1) is 12.2 Å². The van der Waals surface area contributed by atoms with Gasteiger partial charge in [-0.15, -0.1) is 0 Å². The molecule has 0 spiro atoms. The van der Waals surface area contributed by atoms with Gasteiger partial charge in [0.1, 0.15) is 0 Å². The number of nitrogens with zero attached hydrogens (tertiary/aromatic N) is 1. The third kappa shape index (κ3) is 1.82. The molecular formula is C17H17NO2. The molecule has 1 amide bonds. The molecule has 0 radical (unpaired) electrons. The molecule has 1 aliphatic rings. The van der Waals surface area contributed by atoms with E-state index in [9.17, 15) is 9.90 Å². The van der Waals surface area contributed by atoms with Crippen LogP contribution in [0.5, 0.6) is 0 Å². The van der Waals surface area contributed by atoms with Crippen molar-refractivity contribution in [2.45, 2.75) is 25.5 Å². The fourth-order valence-electron chi connectivity index (χ4n) is 2.77. The number of anilines is 1. The van der Waals surface area contributed by atoms with E-state index >= 15 is 0 Å². The normalized spacial score (nSPS) is 21.1. The summed E-state index contributed by atoms with van der Waals surface area (Å²) < 4.78 is 0. The molecule has 20 heavy (non-hydrogen) atoms. The van der Waals surface area contributed by atoms with Crippen LogP contribution in [-0.2, 0) is 16.9 Å². The van der Waals surface area contributed by atoms with Crippen molar-refractivity contribution in [3.63, 3.8) is 0 Å². The number of hydrogen-bond donors (Lipinski definition) is 1. The van der Waals surface area contributed by atoms with Gasteiger partial charge in [-0.25, -0.2) is 0 Å². The smallest absolute Gasteiger partial charge is 0.263 e. The van der Waals surface area contributed by atoms with Crippen molar-refractivity contribution in [3.05, 3.63) is 65.7 Å². The van der Waals surface area contributed by atoms with Crippen molar-refractivity contribution < 1.29 is 9.90 Å². The molecule has 3 rings (SSSR count). The summed E-state index contributed by atoms with van der Waals surface area (Å²) in [6, 6.07) is 17.3. The molecule has 1 unspecified atom stereocenters. The lowest BCUT2D eigenvalue weighted by Gasteiger charge is -2.21. The van der Waals surface area contributed by atoms with Crippen LogP contribution in [0.2, 0.25) is 0 Å². The number of hydrogen-bond acceptors (Lipinski definition) is 2. The maximum absolute atomic E-state index is 12.6. The molecule has 1 aliphatic heterocycles. The highest BCUT2D eigenvalue weighted by molar-refractivity contribution is 6.06. The minimum absolute atomic E-state index is 0.231. The summed E-state index contributed by atoms with van der Waals surface area (Å²) in [7, 11) is 0. The van der Waals surface area contributed by atoms with E-state index in [2.05, 4.69) is 0 Å². The van der Waals surface area contributed by atoms with Crippen molar-refractivity contribution in [3.8, 4) is 0 Å². The van der Waals surface area contributed by atoms with E-state index in [1.54, 1.807) is 4.90 Å². The lowest BCUT2D eigenvalue weighted by atomic mass is 9.93. The molecule has 0 aliphatic carbocycles. The number of benzene rings is 2. The zero-order valence-corrected chi connectivity index (χ0v) is 11.4. The van der Waals surface area contributed by atoms with Crippen LogP contribution in [0, 0.1) is 0 Å². The maximum atomic E-state index is 12.6. The molecule has 1 heterocycles. The standard InChI is InChI=1S/C17H17NO2/c1-2-17(20)14-10-6-7-11-15(14)18(16(17)19)12-13-8-4-3-5-9-13/h3-11,20H,2,12H2,1H3. The van der Waals surface area contributed by atoms with Crippen LogP contribution in [0.1, 0.15) is 24.5 Å². The van der Waals surface area contributed by atoms with Gasteiger partial charge in [-0.1, -0.05) is 55.5 Å². The zero-order chi connectivity index (χ0) is 14.2. The predicted octanol–water partition coefficient (Wildman–Crippen LogP) is 2.83. The summed E-state index contributed by atoms with van der Waals surface area (Å²) in [4.78, 5) is 14.3. The Labute approximate surface area is 118 Å². The first-order chi connectivity index (χ1) is 9.66. The number of para-hydroxylation sites is 1. The molecule has 1 N–H and O–H groups in total. The largest absolute Gasteiger partial charge is 0.375 e. The average Bonchev–Trinajstić information content (AvgIpc) is 2.72. The van der Waals surface area contributed by atoms with Gasteiger partial charge in [-0.05, 0) is 18.1 Å². The number of carbonyl (C=O) groups is 1. The molecule has 102 valence electrons. The van der Waals surface area contributed by atoms with Crippen molar-refractivity contribution in [1.29, 1.82) is 0 Å². The molecule has 0 aromatic heterocycles. The highest BCUT2D eigenvalue weighted by atomic mass is 16.3. The Morgan fingerprint density at radius 3 is 2.40 bits per heavy atom. The molecule has 2 aromatic carbocycles. The zero-order valence-electron chi connectivity index (χ0n) is 11.4. The second-order valence-electron chi connectivity index (χ2n) is 5.11. The fraction of sp³-hybridized carbons (Fsp3) is 0.235. The van der Waals surface area contributed by atoms with E-state index < -0.39 is 5.60 Å². The Kier molecular flexibility index (Phi) is 3.07. The monoisotopic (exact) mass is 267 g/mol. The summed E-state index contributed by atoms with van der Waals surface area (Å²) in [6.45, 7) is 2.32. The summed E-state index contributed by atoms with van der Waals surface area (Å²) in [5.41, 5.74) is 1.19. The number of fused-ring (bicyclic) bond motifs is 1. The first-order valence-electron chi connectivity index (χ1n) is 6.84. The number of amides is 1. The van der Waals surface area contributed by atoms with E-state index in [0.717, 1.165) is 11.3 Å². The fourth-order valence-corrected chi connectivity index (χ4v) is 2.77. The summed E-state index contributed by atoms with van der Waals surface area (Å²) in [6.07, 6.45) is 0.383. The summed E-state index contributed by atoms with van der Waals surface area (Å²) in [5.74, 6) is -0.231. The van der Waals surface area contributed by atoms with E-state index in [0.29, 0.717) is 18.5 Å². The lowest BCUT2D eigenvalue weighted by molar-refractivity contribution is -0.136. The first kappa shape index (κ1) is 12.9. The SMILES string of the molecule is CCC1(O)C(=O)N(Cc2ccccc2)c2ccccc21. The summed E-state index contributed by atoms with van der Waals surface area (Å²) >= 11 is 0. The van der Waals surface area contributed by atoms with Gasteiger partial charge in [0.2, 0.25) is 0 Å². The van der Waals surface area contributed by atoms with Gasteiger partial charge in [0.25, 0.3) is 5.91 Å². The average molecular weight is 267 g/mol. The van der Waals surface area contributed by atoms with E-state index in [-0.39, 0.29) is 5.91 Å². The van der Waals surface area contributed by atoms with E-state index in [1.807, 2.05) is 61.5 Å². The van der Waals surface area contributed by atoms with Crippen molar-refractivity contribution in [1.82, 2.24) is 0 Å². The second kappa shape index (κ2) is 4.76. The quantitative estimate of drug-likeness (QED) is 0.929. The van der Waals surface area contributed by atoms with Crippen LogP contribution >= 0.6 is 0 Å². The van der Waals surface area contributed by atoms with Crippen LogP contribution in [0.15, 0.2) is 54.6 Å². The molecule has 0 bridgehead atoms. The second-order valence-corrected chi connectivity index (χ2v) is 5.11. The van der Waals surface area contributed by atoms with Gasteiger partial charge in [0.15, 0.2) is 5.60 Å². The van der Waals surface area contributed by atoms with Crippen molar-refractivity contribution in [2.75, 3.05) is 4.90 Å². The Morgan fingerprint density at radius 1 is 1.05 bits per heavy atom. The predicted molar refractivity (Wildman–Crippen MR) is 78.3 cm³/mol. The van der Waals surface area contributed by atoms with Gasteiger partial charge < -0.3 is 10.0 Å². The number of carbonyl (C=O) groups excluding carboxylic acids is 1. The van der Waals surface area contributed by atoms with Crippen molar-refractivity contribution in [2.24, 2.45) is 0 Å². The lowest BCUT2D eigenvalue weighted by Crippen LogP contribution is -2.39. The van der Waals surface area contributed by atoms with E-state index in [1.165, 1.54) is 0 Å². The molecule has 0 saturated carbocycles. The Morgan fingerprint density at radius 2 is 1.70 bits per heavy atom. The topological polar surface area (TPSA) is 40.5 Å². The Hall–Kier alpha value is -2.13. The van der Waals surface area contributed by atoms with Gasteiger partial charge in [-0.3, -0.25) is 4.79 Å². The Balaban J connectivity index is 2.03. The van der Waals surface area contributed by atoms with Gasteiger partial charge in [0, 0.05) is 5.56 Å². The van der Waals surface area contributed by atoms with Crippen LogP contribution in [0.4, 0.5) is 5.69 Å². The molecule has 1 atom stereocenters. The molecule has 3 nitrogen and oxygen atoms in total. The molecule has 0 fully saturated rings. The van der Waals surface area contributed by atoms with Crippen LogP contribution in [-0.4, -0.2) is 11.0 Å². The minimum atomic E-state index is -1.38. The number of rotatable bonds is 3. The van der Waals surface area contributed by atoms with Gasteiger partial charge >= 0.3 is 0 Å². The maximum Gasteiger partial charge on any atom is 0.263 e. The molecule has 3 heteroatoms. The van der Waals surface area contributed by atoms with Gasteiger partial charge in [-0.2, -0.15) is 0 Å².